The van der Waals surface area contributed by atoms with E-state index < -0.39 is 41.7 Å². The Hall–Kier alpha value is -2.06. The maximum Gasteiger partial charge on any atom is 0.303 e. The first kappa shape index (κ1) is 19.3. The van der Waals surface area contributed by atoms with Gasteiger partial charge in [-0.15, -0.1) is 0 Å². The van der Waals surface area contributed by atoms with Crippen LogP contribution in [-0.4, -0.2) is 48.3 Å². The molecule has 1 aliphatic heterocycles. The van der Waals surface area contributed by atoms with Crippen molar-refractivity contribution >= 4 is 29.7 Å². The van der Waals surface area contributed by atoms with Crippen LogP contribution in [0.2, 0.25) is 0 Å². The van der Waals surface area contributed by atoms with E-state index >= 15 is 0 Å². The standard InChI is InChI=1S/C17H20O7S/c1-10(18)22-14-9-21-17(25-13-7-5-4-6-8-13)16(24-12(3)20)15(14)23-11(2)19/h4-8,14-17H,9H2,1-3H3/t14-,15-,16+,17?/m0/s1. The predicted molar refractivity (Wildman–Crippen MR) is 88.7 cm³/mol. The highest BCUT2D eigenvalue weighted by Gasteiger charge is 2.47. The van der Waals surface area contributed by atoms with Gasteiger partial charge in [-0.3, -0.25) is 14.4 Å². The molecule has 0 N–H and O–H groups in total. The summed E-state index contributed by atoms with van der Waals surface area (Å²) >= 11 is 1.34. The van der Waals surface area contributed by atoms with Gasteiger partial charge in [0.2, 0.25) is 0 Å². The summed E-state index contributed by atoms with van der Waals surface area (Å²) < 4.78 is 21.6. The minimum absolute atomic E-state index is 0.0276. The zero-order valence-electron chi connectivity index (χ0n) is 14.2. The number of hydrogen-bond donors (Lipinski definition) is 0. The van der Waals surface area contributed by atoms with Crippen LogP contribution in [-0.2, 0) is 33.3 Å². The molecule has 1 heterocycles. The molecule has 1 fully saturated rings. The highest BCUT2D eigenvalue weighted by Crippen LogP contribution is 2.34. The number of rotatable bonds is 5. The van der Waals surface area contributed by atoms with Crippen LogP contribution in [0.4, 0.5) is 0 Å². The van der Waals surface area contributed by atoms with E-state index in [9.17, 15) is 14.4 Å². The summed E-state index contributed by atoms with van der Waals surface area (Å²) in [6.07, 6.45) is -2.71. The zero-order chi connectivity index (χ0) is 18.4. The van der Waals surface area contributed by atoms with Crippen molar-refractivity contribution in [2.75, 3.05) is 6.61 Å². The van der Waals surface area contributed by atoms with E-state index in [1.165, 1.54) is 32.5 Å². The van der Waals surface area contributed by atoms with Crippen molar-refractivity contribution in [2.24, 2.45) is 0 Å². The molecule has 1 unspecified atom stereocenters. The van der Waals surface area contributed by atoms with Crippen molar-refractivity contribution in [2.45, 2.75) is 49.4 Å². The molecule has 1 aliphatic rings. The van der Waals surface area contributed by atoms with Gasteiger partial charge in [0.25, 0.3) is 0 Å². The number of hydrogen-bond acceptors (Lipinski definition) is 8. The van der Waals surface area contributed by atoms with Crippen LogP contribution < -0.4 is 0 Å². The smallest absolute Gasteiger partial charge is 0.303 e. The summed E-state index contributed by atoms with van der Waals surface area (Å²) in [5.74, 6) is -1.65. The average molecular weight is 368 g/mol. The van der Waals surface area contributed by atoms with E-state index in [4.69, 9.17) is 18.9 Å². The highest BCUT2D eigenvalue weighted by atomic mass is 32.2. The van der Waals surface area contributed by atoms with Gasteiger partial charge in [0, 0.05) is 25.7 Å². The molecule has 0 saturated carbocycles. The van der Waals surface area contributed by atoms with E-state index in [2.05, 4.69) is 0 Å². The lowest BCUT2D eigenvalue weighted by atomic mass is 10.1. The van der Waals surface area contributed by atoms with Gasteiger partial charge in [0.15, 0.2) is 18.3 Å². The average Bonchev–Trinajstić information content (AvgIpc) is 2.52. The first-order valence-corrected chi connectivity index (χ1v) is 8.59. The van der Waals surface area contributed by atoms with Gasteiger partial charge in [-0.25, -0.2) is 0 Å². The van der Waals surface area contributed by atoms with Crippen molar-refractivity contribution in [3.05, 3.63) is 30.3 Å². The van der Waals surface area contributed by atoms with Crippen molar-refractivity contribution in [1.82, 2.24) is 0 Å². The summed E-state index contributed by atoms with van der Waals surface area (Å²) in [5, 5.41) is 0. The molecule has 1 aromatic carbocycles. The minimum atomic E-state index is -0.944. The van der Waals surface area contributed by atoms with Crippen molar-refractivity contribution in [3.8, 4) is 0 Å². The fraction of sp³-hybridized carbons (Fsp3) is 0.471. The molecule has 1 saturated heterocycles. The Labute approximate surface area is 150 Å². The third kappa shape index (κ3) is 5.75. The van der Waals surface area contributed by atoms with E-state index in [-0.39, 0.29) is 6.61 Å². The number of thioether (sulfide) groups is 1. The SMILES string of the molecule is CC(=O)O[C@H]1[C@@H](OC(C)=O)COC(Sc2ccccc2)[C@@H]1OC(C)=O. The monoisotopic (exact) mass is 368 g/mol. The number of benzene rings is 1. The van der Waals surface area contributed by atoms with Crippen LogP contribution in [0.15, 0.2) is 35.2 Å². The molecule has 8 heteroatoms. The van der Waals surface area contributed by atoms with Crippen LogP contribution in [0.3, 0.4) is 0 Å². The molecular weight excluding hydrogens is 348 g/mol. The fourth-order valence-electron chi connectivity index (χ4n) is 2.44. The summed E-state index contributed by atoms with van der Waals surface area (Å²) in [5.41, 5.74) is -0.609. The molecule has 0 aliphatic carbocycles. The number of esters is 3. The van der Waals surface area contributed by atoms with Gasteiger partial charge >= 0.3 is 17.9 Å². The Kier molecular flexibility index (Phi) is 6.83. The number of carbonyl (C=O) groups excluding carboxylic acids is 3. The van der Waals surface area contributed by atoms with Gasteiger partial charge in [0.05, 0.1) is 6.61 Å². The first-order valence-electron chi connectivity index (χ1n) is 7.71. The van der Waals surface area contributed by atoms with Gasteiger partial charge in [-0.05, 0) is 12.1 Å². The van der Waals surface area contributed by atoms with E-state index in [0.717, 1.165) is 4.90 Å². The fourth-order valence-corrected chi connectivity index (χ4v) is 3.52. The number of ether oxygens (including phenoxy) is 4. The minimum Gasteiger partial charge on any atom is -0.456 e. The lowest BCUT2D eigenvalue weighted by Crippen LogP contribution is -2.56. The highest BCUT2D eigenvalue weighted by molar-refractivity contribution is 7.99. The largest absolute Gasteiger partial charge is 0.456 e. The first-order chi connectivity index (χ1) is 11.9. The Morgan fingerprint density at radius 3 is 2.04 bits per heavy atom. The Morgan fingerprint density at radius 2 is 1.48 bits per heavy atom. The molecule has 0 bridgehead atoms. The van der Waals surface area contributed by atoms with Crippen LogP contribution >= 0.6 is 11.8 Å². The lowest BCUT2D eigenvalue weighted by Gasteiger charge is -2.40. The molecule has 0 radical (unpaired) electrons. The third-order valence-corrected chi connectivity index (χ3v) is 4.48. The zero-order valence-corrected chi connectivity index (χ0v) is 15.0. The molecule has 7 nitrogen and oxygen atoms in total. The molecule has 1 aromatic rings. The van der Waals surface area contributed by atoms with Crippen molar-refractivity contribution in [1.29, 1.82) is 0 Å². The predicted octanol–water partition coefficient (Wildman–Crippen LogP) is 1.93. The molecule has 25 heavy (non-hydrogen) atoms. The summed E-state index contributed by atoms with van der Waals surface area (Å²) in [4.78, 5) is 35.2. The second-order valence-electron chi connectivity index (χ2n) is 5.43. The molecule has 0 aromatic heterocycles. The quantitative estimate of drug-likeness (QED) is 0.575. The van der Waals surface area contributed by atoms with Crippen LogP contribution in [0.5, 0.6) is 0 Å². The Bertz CT molecular complexity index is 619. The van der Waals surface area contributed by atoms with E-state index in [0.29, 0.717) is 0 Å². The van der Waals surface area contributed by atoms with Gasteiger partial charge in [-0.2, -0.15) is 0 Å². The maximum atomic E-state index is 11.5. The van der Waals surface area contributed by atoms with Crippen LogP contribution in [0, 0.1) is 0 Å². The summed E-state index contributed by atoms with van der Waals surface area (Å²) in [6.45, 7) is 3.77. The maximum absolute atomic E-state index is 11.5. The lowest BCUT2D eigenvalue weighted by molar-refractivity contribution is -0.213. The molecular formula is C17H20O7S. The van der Waals surface area contributed by atoms with Crippen LogP contribution in [0.25, 0.3) is 0 Å². The van der Waals surface area contributed by atoms with Crippen LogP contribution in [0.1, 0.15) is 20.8 Å². The second kappa shape index (κ2) is 8.87. The topological polar surface area (TPSA) is 88.1 Å². The van der Waals surface area contributed by atoms with Gasteiger partial charge in [-0.1, -0.05) is 30.0 Å². The molecule has 0 spiro atoms. The third-order valence-electron chi connectivity index (χ3n) is 3.30. The number of carbonyl (C=O) groups is 3. The van der Waals surface area contributed by atoms with Crippen molar-refractivity contribution in [3.63, 3.8) is 0 Å². The molecule has 4 atom stereocenters. The normalized spacial score (nSPS) is 25.7. The van der Waals surface area contributed by atoms with E-state index in [1.54, 1.807) is 0 Å². The van der Waals surface area contributed by atoms with Crippen molar-refractivity contribution < 1.29 is 33.3 Å². The summed E-state index contributed by atoms with van der Waals surface area (Å²) in [7, 11) is 0. The van der Waals surface area contributed by atoms with Gasteiger partial charge in [0.1, 0.15) is 5.44 Å². The molecule has 136 valence electrons. The Balaban J connectivity index is 2.25. The molecule has 0 amide bonds. The Morgan fingerprint density at radius 1 is 0.920 bits per heavy atom. The molecule has 2 rings (SSSR count). The van der Waals surface area contributed by atoms with Gasteiger partial charge < -0.3 is 18.9 Å². The van der Waals surface area contributed by atoms with E-state index in [1.807, 2.05) is 30.3 Å². The summed E-state index contributed by atoms with van der Waals surface area (Å²) in [6, 6.07) is 9.40. The second-order valence-corrected chi connectivity index (χ2v) is 6.60.